The number of benzene rings is 1. The van der Waals surface area contributed by atoms with E-state index in [1.54, 1.807) is 30.3 Å². The molecular formula is C20H23ClN2O4S2. The predicted molar refractivity (Wildman–Crippen MR) is 115 cm³/mol. The van der Waals surface area contributed by atoms with E-state index in [0.29, 0.717) is 41.5 Å². The molecule has 0 bridgehead atoms. The SMILES string of the molecule is CC(=O)c1cccc(NC(=O)[C@H](C)C2CCN(S(=O)(=O)c3ccc(Cl)s3)CC2)c1. The Morgan fingerprint density at radius 1 is 1.21 bits per heavy atom. The summed E-state index contributed by atoms with van der Waals surface area (Å²) < 4.78 is 27.6. The van der Waals surface area contributed by atoms with Crippen LogP contribution >= 0.6 is 22.9 Å². The van der Waals surface area contributed by atoms with Gasteiger partial charge in [0.15, 0.2) is 5.78 Å². The van der Waals surface area contributed by atoms with Crippen LogP contribution in [-0.2, 0) is 14.8 Å². The van der Waals surface area contributed by atoms with Crippen LogP contribution in [-0.4, -0.2) is 37.5 Å². The first kappa shape index (κ1) is 22.0. The first-order valence-corrected chi connectivity index (χ1v) is 12.0. The Balaban J connectivity index is 1.59. The lowest BCUT2D eigenvalue weighted by molar-refractivity contribution is -0.121. The topological polar surface area (TPSA) is 83.6 Å². The number of halogens is 1. The molecule has 0 spiro atoms. The van der Waals surface area contributed by atoms with E-state index in [0.717, 1.165) is 11.3 Å². The van der Waals surface area contributed by atoms with Crippen molar-refractivity contribution in [3.63, 3.8) is 0 Å². The number of Topliss-reactive ketones (excluding diaryl/α,β-unsaturated/α-hetero) is 1. The van der Waals surface area contributed by atoms with E-state index in [1.165, 1.54) is 17.3 Å². The second kappa shape index (κ2) is 8.95. The number of nitrogens with zero attached hydrogens (tertiary/aromatic N) is 1. The number of rotatable bonds is 6. The van der Waals surface area contributed by atoms with Crippen LogP contribution in [0.3, 0.4) is 0 Å². The molecule has 2 aromatic rings. The fourth-order valence-corrected chi connectivity index (χ4v) is 6.57. The summed E-state index contributed by atoms with van der Waals surface area (Å²) in [6, 6.07) is 9.96. The zero-order chi connectivity index (χ0) is 21.2. The molecule has 1 N–H and O–H groups in total. The maximum atomic E-state index is 12.7. The first-order chi connectivity index (χ1) is 13.7. The van der Waals surface area contributed by atoms with Gasteiger partial charge in [0.2, 0.25) is 5.91 Å². The average Bonchev–Trinajstić information content (AvgIpc) is 3.15. The van der Waals surface area contributed by atoms with Crippen LogP contribution in [0.4, 0.5) is 5.69 Å². The number of ketones is 1. The highest BCUT2D eigenvalue weighted by Crippen LogP contribution is 2.32. The number of carbonyl (C=O) groups excluding carboxylic acids is 2. The van der Waals surface area contributed by atoms with Gasteiger partial charge in [-0.1, -0.05) is 30.7 Å². The molecule has 2 heterocycles. The molecule has 1 aromatic carbocycles. The van der Waals surface area contributed by atoms with E-state index in [-0.39, 0.29) is 27.7 Å². The lowest BCUT2D eigenvalue weighted by Gasteiger charge is -2.33. The molecule has 1 saturated heterocycles. The number of hydrogen-bond acceptors (Lipinski definition) is 5. The molecule has 6 nitrogen and oxygen atoms in total. The standard InChI is InChI=1S/C20H23ClN2O4S2/c1-13(20(25)22-17-5-3-4-16(12-17)14(2)24)15-8-10-23(11-9-15)29(26,27)19-7-6-18(21)28-19/h3-7,12-13,15H,8-11H2,1-2H3,(H,22,25)/t13-/m1/s1. The minimum Gasteiger partial charge on any atom is -0.326 e. The highest BCUT2D eigenvalue weighted by atomic mass is 35.5. The van der Waals surface area contributed by atoms with E-state index in [4.69, 9.17) is 11.6 Å². The number of piperidine rings is 1. The number of nitrogens with one attached hydrogen (secondary N) is 1. The molecule has 1 atom stereocenters. The number of thiophene rings is 1. The zero-order valence-electron chi connectivity index (χ0n) is 16.2. The first-order valence-electron chi connectivity index (χ1n) is 9.36. The maximum absolute atomic E-state index is 12.7. The van der Waals surface area contributed by atoms with Gasteiger partial charge in [-0.25, -0.2) is 8.42 Å². The van der Waals surface area contributed by atoms with Gasteiger partial charge in [0.05, 0.1) is 4.34 Å². The van der Waals surface area contributed by atoms with Crippen LogP contribution in [0.15, 0.2) is 40.6 Å². The third-order valence-electron chi connectivity index (χ3n) is 5.30. The number of sulfonamides is 1. The van der Waals surface area contributed by atoms with Crippen molar-refractivity contribution in [2.45, 2.75) is 30.9 Å². The van der Waals surface area contributed by atoms with E-state index in [1.807, 2.05) is 6.92 Å². The van der Waals surface area contributed by atoms with Crippen molar-refractivity contribution in [2.24, 2.45) is 11.8 Å². The number of hydrogen-bond donors (Lipinski definition) is 1. The van der Waals surface area contributed by atoms with Gasteiger partial charge in [-0.15, -0.1) is 11.3 Å². The quantitative estimate of drug-likeness (QED) is 0.660. The summed E-state index contributed by atoms with van der Waals surface area (Å²) in [4.78, 5) is 24.2. The highest BCUT2D eigenvalue weighted by Gasteiger charge is 2.34. The largest absolute Gasteiger partial charge is 0.326 e. The molecule has 1 amide bonds. The van der Waals surface area contributed by atoms with Crippen LogP contribution in [0, 0.1) is 11.8 Å². The summed E-state index contributed by atoms with van der Waals surface area (Å²) in [5.74, 6) is -0.367. The zero-order valence-corrected chi connectivity index (χ0v) is 18.6. The van der Waals surface area contributed by atoms with Gasteiger partial charge < -0.3 is 5.32 Å². The lowest BCUT2D eigenvalue weighted by atomic mass is 9.85. The molecular weight excluding hydrogens is 432 g/mol. The predicted octanol–water partition coefficient (Wildman–Crippen LogP) is 4.28. The second-order valence-electron chi connectivity index (χ2n) is 7.21. The molecule has 3 rings (SSSR count). The van der Waals surface area contributed by atoms with Crippen molar-refractivity contribution in [2.75, 3.05) is 18.4 Å². The minimum absolute atomic E-state index is 0.0604. The summed E-state index contributed by atoms with van der Waals surface area (Å²) in [7, 11) is -3.54. The molecule has 1 aliphatic heterocycles. The third kappa shape index (κ3) is 5.06. The normalized spacial score (nSPS) is 17.1. The van der Waals surface area contributed by atoms with Crippen molar-refractivity contribution in [1.82, 2.24) is 4.31 Å². The Hall–Kier alpha value is -1.74. The van der Waals surface area contributed by atoms with Crippen LogP contribution in [0.2, 0.25) is 4.34 Å². The van der Waals surface area contributed by atoms with E-state index in [2.05, 4.69) is 5.32 Å². The molecule has 0 unspecified atom stereocenters. The van der Waals surface area contributed by atoms with Crippen LogP contribution < -0.4 is 5.32 Å². The summed E-state index contributed by atoms with van der Waals surface area (Å²) >= 11 is 6.92. The molecule has 1 aromatic heterocycles. The third-order valence-corrected chi connectivity index (χ3v) is 8.90. The molecule has 9 heteroatoms. The van der Waals surface area contributed by atoms with Crippen molar-refractivity contribution in [3.8, 4) is 0 Å². The average molecular weight is 455 g/mol. The molecule has 1 aliphatic rings. The van der Waals surface area contributed by atoms with Gasteiger partial charge in [-0.3, -0.25) is 9.59 Å². The fraction of sp³-hybridized carbons (Fsp3) is 0.400. The van der Waals surface area contributed by atoms with Gasteiger partial charge >= 0.3 is 0 Å². The van der Waals surface area contributed by atoms with Gasteiger partial charge in [-0.2, -0.15) is 4.31 Å². The minimum atomic E-state index is -3.54. The summed E-state index contributed by atoms with van der Waals surface area (Å²) in [5, 5.41) is 2.87. The van der Waals surface area contributed by atoms with Gasteiger partial charge in [0.25, 0.3) is 10.0 Å². The number of anilines is 1. The molecule has 1 fully saturated rings. The Bertz CT molecular complexity index is 1010. The van der Waals surface area contributed by atoms with Crippen molar-refractivity contribution in [3.05, 3.63) is 46.3 Å². The Morgan fingerprint density at radius 3 is 2.48 bits per heavy atom. The Kier molecular flexibility index (Phi) is 6.78. The van der Waals surface area contributed by atoms with Crippen LogP contribution in [0.5, 0.6) is 0 Å². The second-order valence-corrected chi connectivity index (χ2v) is 11.1. The highest BCUT2D eigenvalue weighted by molar-refractivity contribution is 7.91. The molecule has 0 radical (unpaired) electrons. The number of amides is 1. The van der Waals surface area contributed by atoms with E-state index < -0.39 is 10.0 Å². The molecule has 0 saturated carbocycles. The fourth-order valence-electron chi connectivity index (χ4n) is 3.47. The smallest absolute Gasteiger partial charge is 0.252 e. The molecule has 156 valence electrons. The Morgan fingerprint density at radius 2 is 1.90 bits per heavy atom. The van der Waals surface area contributed by atoms with E-state index >= 15 is 0 Å². The van der Waals surface area contributed by atoms with Crippen molar-refractivity contribution in [1.29, 1.82) is 0 Å². The van der Waals surface area contributed by atoms with Crippen molar-refractivity contribution >= 4 is 50.3 Å². The van der Waals surface area contributed by atoms with Crippen LogP contribution in [0.1, 0.15) is 37.0 Å². The van der Waals surface area contributed by atoms with Gasteiger partial charge in [0.1, 0.15) is 4.21 Å². The summed E-state index contributed by atoms with van der Waals surface area (Å²) in [6.07, 6.45) is 1.22. The summed E-state index contributed by atoms with van der Waals surface area (Å²) in [6.45, 7) is 4.09. The maximum Gasteiger partial charge on any atom is 0.252 e. The number of carbonyl (C=O) groups is 2. The monoisotopic (exact) mass is 454 g/mol. The molecule has 0 aliphatic carbocycles. The van der Waals surface area contributed by atoms with Gasteiger partial charge in [-0.05, 0) is 49.9 Å². The van der Waals surface area contributed by atoms with E-state index in [9.17, 15) is 18.0 Å². The van der Waals surface area contributed by atoms with Crippen molar-refractivity contribution < 1.29 is 18.0 Å². The van der Waals surface area contributed by atoms with Crippen LogP contribution in [0.25, 0.3) is 0 Å². The lowest BCUT2D eigenvalue weighted by Crippen LogP contribution is -2.41. The van der Waals surface area contributed by atoms with Gasteiger partial charge in [0, 0.05) is 30.3 Å². The summed E-state index contributed by atoms with van der Waals surface area (Å²) in [5.41, 5.74) is 1.13. The molecule has 29 heavy (non-hydrogen) atoms. The Labute approximate surface area is 179 Å².